The summed E-state index contributed by atoms with van der Waals surface area (Å²) in [4.78, 5) is 8.46. The van der Waals surface area contributed by atoms with Crippen LogP contribution in [0.15, 0.2) is 12.1 Å². The molecule has 0 saturated heterocycles. The molecule has 0 fully saturated rings. The van der Waals surface area contributed by atoms with Gasteiger partial charge < -0.3 is 5.73 Å². The highest BCUT2D eigenvalue weighted by atomic mass is 19.1. The topological polar surface area (TPSA) is 51.8 Å². The lowest BCUT2D eigenvalue weighted by Gasteiger charge is -2.14. The van der Waals surface area contributed by atoms with Crippen LogP contribution in [0.2, 0.25) is 0 Å². The van der Waals surface area contributed by atoms with E-state index in [9.17, 15) is 8.78 Å². The fourth-order valence-corrected chi connectivity index (χ4v) is 1.93. The van der Waals surface area contributed by atoms with Crippen LogP contribution >= 0.6 is 0 Å². The maximum absolute atomic E-state index is 14.3. The van der Waals surface area contributed by atoms with Gasteiger partial charge in [0.2, 0.25) is 0 Å². The van der Waals surface area contributed by atoms with E-state index in [1.54, 1.807) is 13.8 Å². The van der Waals surface area contributed by atoms with Gasteiger partial charge in [-0.15, -0.1) is 0 Å². The molecule has 0 unspecified atom stereocenters. The van der Waals surface area contributed by atoms with E-state index >= 15 is 0 Å². The molecule has 0 bridgehead atoms. The molecule has 0 aliphatic rings. The summed E-state index contributed by atoms with van der Waals surface area (Å²) >= 11 is 0. The van der Waals surface area contributed by atoms with Gasteiger partial charge in [-0.3, -0.25) is 0 Å². The summed E-state index contributed by atoms with van der Waals surface area (Å²) < 4.78 is 28.3. The van der Waals surface area contributed by atoms with Crippen LogP contribution in [0.1, 0.15) is 36.7 Å². The summed E-state index contributed by atoms with van der Waals surface area (Å²) in [6.45, 7) is 7.05. The highest BCUT2D eigenvalue weighted by molar-refractivity contribution is 5.69. The van der Waals surface area contributed by atoms with E-state index in [1.807, 2.05) is 13.8 Å². The van der Waals surface area contributed by atoms with E-state index in [4.69, 9.17) is 5.73 Å². The molecule has 3 nitrogen and oxygen atoms in total. The first kappa shape index (κ1) is 14.4. The van der Waals surface area contributed by atoms with Gasteiger partial charge in [-0.2, -0.15) is 0 Å². The zero-order chi connectivity index (χ0) is 15.0. The molecule has 20 heavy (non-hydrogen) atoms. The molecule has 0 aliphatic heterocycles. The molecule has 1 aromatic heterocycles. The van der Waals surface area contributed by atoms with Gasteiger partial charge in [0, 0.05) is 11.5 Å². The van der Waals surface area contributed by atoms with Crippen LogP contribution < -0.4 is 5.73 Å². The minimum Gasteiger partial charge on any atom is -0.383 e. The van der Waals surface area contributed by atoms with E-state index in [2.05, 4.69) is 9.97 Å². The average molecular weight is 277 g/mol. The third-order valence-electron chi connectivity index (χ3n) is 3.24. The molecular formula is C15H17F2N3. The smallest absolute Gasteiger partial charge is 0.138 e. The van der Waals surface area contributed by atoms with Crippen LogP contribution in [0, 0.1) is 25.5 Å². The van der Waals surface area contributed by atoms with Gasteiger partial charge in [0.15, 0.2) is 0 Å². The van der Waals surface area contributed by atoms with E-state index < -0.39 is 11.6 Å². The Hall–Kier alpha value is -2.04. The monoisotopic (exact) mass is 277 g/mol. The Morgan fingerprint density at radius 3 is 2.35 bits per heavy atom. The molecule has 106 valence electrons. The Labute approximate surface area is 116 Å². The van der Waals surface area contributed by atoms with Crippen LogP contribution in [-0.4, -0.2) is 9.97 Å². The summed E-state index contributed by atoms with van der Waals surface area (Å²) in [5.41, 5.74) is 6.77. The van der Waals surface area contributed by atoms with Crippen molar-refractivity contribution in [1.29, 1.82) is 0 Å². The number of nitrogens with zero attached hydrogens (tertiary/aromatic N) is 2. The van der Waals surface area contributed by atoms with Crippen molar-refractivity contribution in [3.05, 3.63) is 40.7 Å². The Kier molecular flexibility index (Phi) is 3.70. The molecule has 2 N–H and O–H groups in total. The van der Waals surface area contributed by atoms with Crippen LogP contribution in [0.5, 0.6) is 0 Å². The number of anilines is 1. The number of nitrogen functional groups attached to an aromatic ring is 1. The van der Waals surface area contributed by atoms with E-state index in [0.717, 1.165) is 0 Å². The van der Waals surface area contributed by atoms with E-state index in [1.165, 1.54) is 12.1 Å². The van der Waals surface area contributed by atoms with E-state index in [0.29, 0.717) is 17.0 Å². The Balaban J connectivity index is 2.79. The fourth-order valence-electron chi connectivity index (χ4n) is 1.93. The molecule has 0 radical (unpaired) electrons. The number of halogens is 2. The first-order chi connectivity index (χ1) is 9.32. The number of benzene rings is 1. The summed E-state index contributed by atoms with van der Waals surface area (Å²) in [7, 11) is 0. The molecule has 0 saturated carbocycles. The number of aryl methyl sites for hydroxylation is 1. The summed E-state index contributed by atoms with van der Waals surface area (Å²) in [6.07, 6.45) is 0. The zero-order valence-corrected chi connectivity index (χ0v) is 12.0. The molecular weight excluding hydrogens is 260 g/mol. The molecule has 0 spiro atoms. The molecule has 0 amide bonds. The number of rotatable bonds is 2. The van der Waals surface area contributed by atoms with Crippen LogP contribution in [-0.2, 0) is 0 Å². The molecule has 0 atom stereocenters. The number of hydrogen-bond donors (Lipinski definition) is 1. The second kappa shape index (κ2) is 5.15. The normalized spacial score (nSPS) is 11.2. The van der Waals surface area contributed by atoms with Gasteiger partial charge >= 0.3 is 0 Å². The number of hydrogen-bond acceptors (Lipinski definition) is 3. The predicted molar refractivity (Wildman–Crippen MR) is 75.4 cm³/mol. The third-order valence-corrected chi connectivity index (χ3v) is 3.24. The van der Waals surface area contributed by atoms with Crippen molar-refractivity contribution in [2.24, 2.45) is 0 Å². The molecule has 5 heteroatoms. The summed E-state index contributed by atoms with van der Waals surface area (Å²) in [6, 6.07) is 2.64. The van der Waals surface area contributed by atoms with Crippen LogP contribution in [0.25, 0.3) is 11.3 Å². The van der Waals surface area contributed by atoms with Crippen molar-refractivity contribution in [3.8, 4) is 11.3 Å². The third kappa shape index (κ3) is 2.35. The minimum atomic E-state index is -0.649. The molecule has 2 rings (SSSR count). The maximum Gasteiger partial charge on any atom is 0.138 e. The molecule has 1 heterocycles. The van der Waals surface area contributed by atoms with Crippen LogP contribution in [0.3, 0.4) is 0 Å². The standard InChI is InChI=1S/C15H17F2N3/c1-7(2)15-19-13(9(4)14(18)20-15)11-10(16)6-5-8(3)12(11)17/h5-7H,1-4H3,(H2,18,19,20). The first-order valence-corrected chi connectivity index (χ1v) is 6.42. The van der Waals surface area contributed by atoms with Crippen molar-refractivity contribution in [2.75, 3.05) is 5.73 Å². The molecule has 2 aromatic rings. The van der Waals surface area contributed by atoms with Crippen molar-refractivity contribution in [3.63, 3.8) is 0 Å². The largest absolute Gasteiger partial charge is 0.383 e. The maximum atomic E-state index is 14.3. The van der Waals surface area contributed by atoms with Gasteiger partial charge in [-0.05, 0) is 25.5 Å². The molecule has 1 aromatic carbocycles. The first-order valence-electron chi connectivity index (χ1n) is 6.42. The SMILES string of the molecule is Cc1ccc(F)c(-c2nc(C(C)C)nc(N)c2C)c1F. The summed E-state index contributed by atoms with van der Waals surface area (Å²) in [5, 5.41) is 0. The Morgan fingerprint density at radius 2 is 1.75 bits per heavy atom. The van der Waals surface area contributed by atoms with Crippen molar-refractivity contribution >= 4 is 5.82 Å². The lowest BCUT2D eigenvalue weighted by atomic mass is 10.0. The van der Waals surface area contributed by atoms with Gasteiger partial charge in [-0.25, -0.2) is 18.7 Å². The minimum absolute atomic E-state index is 0.0209. The number of nitrogens with two attached hydrogens (primary N) is 1. The highest BCUT2D eigenvalue weighted by Gasteiger charge is 2.20. The quantitative estimate of drug-likeness (QED) is 0.909. The Morgan fingerprint density at radius 1 is 1.10 bits per heavy atom. The van der Waals surface area contributed by atoms with Crippen molar-refractivity contribution in [2.45, 2.75) is 33.6 Å². The van der Waals surface area contributed by atoms with Gasteiger partial charge in [0.25, 0.3) is 0 Å². The van der Waals surface area contributed by atoms with E-state index in [-0.39, 0.29) is 23.0 Å². The second-order valence-electron chi connectivity index (χ2n) is 5.15. The highest BCUT2D eigenvalue weighted by Crippen LogP contribution is 2.31. The van der Waals surface area contributed by atoms with Crippen molar-refractivity contribution < 1.29 is 8.78 Å². The zero-order valence-electron chi connectivity index (χ0n) is 12.0. The van der Waals surface area contributed by atoms with Gasteiger partial charge in [0.1, 0.15) is 23.3 Å². The summed E-state index contributed by atoms with van der Waals surface area (Å²) in [5.74, 6) is -0.514. The van der Waals surface area contributed by atoms with Crippen LogP contribution in [0.4, 0.5) is 14.6 Å². The van der Waals surface area contributed by atoms with Crippen molar-refractivity contribution in [1.82, 2.24) is 9.97 Å². The lowest BCUT2D eigenvalue weighted by Crippen LogP contribution is -2.08. The fraction of sp³-hybridized carbons (Fsp3) is 0.333. The average Bonchev–Trinajstić information content (AvgIpc) is 2.38. The van der Waals surface area contributed by atoms with Gasteiger partial charge in [0.05, 0.1) is 11.3 Å². The predicted octanol–water partition coefficient (Wildman–Crippen LogP) is 3.74. The number of aromatic nitrogens is 2. The second-order valence-corrected chi connectivity index (χ2v) is 5.15. The Bertz CT molecular complexity index is 667. The molecule has 0 aliphatic carbocycles. The lowest BCUT2D eigenvalue weighted by molar-refractivity contribution is 0.582. The van der Waals surface area contributed by atoms with Gasteiger partial charge in [-0.1, -0.05) is 19.9 Å².